The van der Waals surface area contributed by atoms with Crippen molar-refractivity contribution in [1.82, 2.24) is 0 Å². The van der Waals surface area contributed by atoms with Crippen LogP contribution in [0.3, 0.4) is 0 Å². The van der Waals surface area contributed by atoms with Crippen molar-refractivity contribution >= 4 is 23.4 Å². The summed E-state index contributed by atoms with van der Waals surface area (Å²) in [7, 11) is 0. The Kier molecular flexibility index (Phi) is 1.96. The number of nitrogens with one attached hydrogen (secondary N) is 1. The molecule has 3 nitrogen and oxygen atoms in total. The maximum Gasteiger partial charge on any atom is 0.240 e. The number of amides is 1. The van der Waals surface area contributed by atoms with Gasteiger partial charge in [0.05, 0.1) is 10.4 Å². The number of aromatic hydroxyl groups is 1. The molecule has 0 radical (unpaired) electrons. The minimum atomic E-state index is -0.471. The Morgan fingerprint density at radius 3 is 2.86 bits per heavy atom. The fourth-order valence-corrected chi connectivity index (χ4v) is 2.40. The number of hydrogen-bond donors (Lipinski definition) is 2. The quantitative estimate of drug-likeness (QED) is 0.644. The van der Waals surface area contributed by atoms with Gasteiger partial charge in [-0.2, -0.15) is 0 Å². The lowest BCUT2D eigenvalue weighted by Gasteiger charge is -2.29. The van der Waals surface area contributed by atoms with Crippen molar-refractivity contribution in [3.05, 3.63) is 18.2 Å². The maximum absolute atomic E-state index is 11.6. The summed E-state index contributed by atoms with van der Waals surface area (Å²) < 4.78 is -0.471. The number of benzene rings is 1. The predicted molar refractivity (Wildman–Crippen MR) is 56.7 cm³/mol. The molecule has 2 rings (SSSR count). The Labute approximate surface area is 86.5 Å². The van der Waals surface area contributed by atoms with Gasteiger partial charge >= 0.3 is 0 Å². The molecule has 4 heteroatoms. The molecule has 0 bridgehead atoms. The highest BCUT2D eigenvalue weighted by molar-refractivity contribution is 8.01. The zero-order chi connectivity index (χ0) is 10.3. The van der Waals surface area contributed by atoms with Gasteiger partial charge in [0.15, 0.2) is 0 Å². The van der Waals surface area contributed by atoms with Gasteiger partial charge in [0.1, 0.15) is 5.75 Å². The number of phenolic OH excluding ortho intramolecular Hbond substituents is 1. The van der Waals surface area contributed by atoms with Gasteiger partial charge in [-0.25, -0.2) is 0 Å². The fourth-order valence-electron chi connectivity index (χ4n) is 1.29. The zero-order valence-corrected chi connectivity index (χ0v) is 8.81. The van der Waals surface area contributed by atoms with Gasteiger partial charge in [0.2, 0.25) is 5.91 Å². The lowest BCUT2D eigenvalue weighted by Crippen LogP contribution is -2.36. The third-order valence-electron chi connectivity index (χ3n) is 2.13. The van der Waals surface area contributed by atoms with E-state index in [1.165, 1.54) is 11.8 Å². The third-order valence-corrected chi connectivity index (χ3v) is 3.38. The molecule has 0 aliphatic carbocycles. The van der Waals surface area contributed by atoms with Crippen molar-refractivity contribution in [1.29, 1.82) is 0 Å². The smallest absolute Gasteiger partial charge is 0.240 e. The summed E-state index contributed by atoms with van der Waals surface area (Å²) in [5.41, 5.74) is 0.775. The van der Waals surface area contributed by atoms with Gasteiger partial charge in [0.25, 0.3) is 0 Å². The highest BCUT2D eigenvalue weighted by Gasteiger charge is 2.34. The van der Waals surface area contributed by atoms with Crippen molar-refractivity contribution in [2.24, 2.45) is 0 Å². The average Bonchev–Trinajstić information content (AvgIpc) is 2.07. The molecule has 2 N–H and O–H groups in total. The van der Waals surface area contributed by atoms with Gasteiger partial charge in [-0.05, 0) is 32.0 Å². The zero-order valence-electron chi connectivity index (χ0n) is 8.00. The SMILES string of the molecule is CC1(C)Sc2cc(O)ccc2NC1=O. The van der Waals surface area contributed by atoms with Crippen LogP contribution in [-0.2, 0) is 4.79 Å². The van der Waals surface area contributed by atoms with Crippen LogP contribution in [0, 0.1) is 0 Å². The molecule has 0 aromatic heterocycles. The van der Waals surface area contributed by atoms with Crippen LogP contribution >= 0.6 is 11.8 Å². The number of phenols is 1. The van der Waals surface area contributed by atoms with E-state index < -0.39 is 4.75 Å². The Balaban J connectivity index is 2.46. The van der Waals surface area contributed by atoms with Gasteiger partial charge < -0.3 is 10.4 Å². The Morgan fingerprint density at radius 2 is 2.14 bits per heavy atom. The summed E-state index contributed by atoms with van der Waals surface area (Å²) in [4.78, 5) is 12.5. The van der Waals surface area contributed by atoms with Crippen LogP contribution in [0.2, 0.25) is 0 Å². The predicted octanol–water partition coefficient (Wildman–Crippen LogP) is 2.21. The first-order valence-electron chi connectivity index (χ1n) is 4.32. The lowest BCUT2D eigenvalue weighted by atomic mass is 10.1. The van der Waals surface area contributed by atoms with E-state index >= 15 is 0 Å². The normalized spacial score (nSPS) is 18.6. The summed E-state index contributed by atoms with van der Waals surface area (Å²) in [6.07, 6.45) is 0. The number of hydrogen-bond acceptors (Lipinski definition) is 3. The summed E-state index contributed by atoms with van der Waals surface area (Å²) in [5, 5.41) is 12.1. The molecular formula is C10H11NO2S. The molecular weight excluding hydrogens is 198 g/mol. The van der Waals surface area contributed by atoms with Crippen LogP contribution in [0.4, 0.5) is 5.69 Å². The standard InChI is InChI=1S/C10H11NO2S/c1-10(2)9(13)11-7-4-3-6(12)5-8(7)14-10/h3-5,12H,1-2H3,(H,11,13). The highest BCUT2D eigenvalue weighted by Crippen LogP contribution is 2.43. The van der Waals surface area contributed by atoms with Crippen molar-refractivity contribution in [3.8, 4) is 5.75 Å². The molecule has 0 atom stereocenters. The molecule has 1 aromatic rings. The molecule has 1 amide bonds. The molecule has 0 unspecified atom stereocenters. The molecule has 0 saturated carbocycles. The van der Waals surface area contributed by atoms with Crippen molar-refractivity contribution in [3.63, 3.8) is 0 Å². The van der Waals surface area contributed by atoms with Gasteiger partial charge in [0, 0.05) is 4.90 Å². The number of fused-ring (bicyclic) bond motifs is 1. The fraction of sp³-hybridized carbons (Fsp3) is 0.300. The summed E-state index contributed by atoms with van der Waals surface area (Å²) in [5.74, 6) is 0.226. The Hall–Kier alpha value is -1.16. The topological polar surface area (TPSA) is 49.3 Å². The molecule has 14 heavy (non-hydrogen) atoms. The molecule has 1 heterocycles. The van der Waals surface area contributed by atoms with E-state index in [0.29, 0.717) is 0 Å². The minimum absolute atomic E-state index is 0.000639. The van der Waals surface area contributed by atoms with E-state index in [1.807, 2.05) is 13.8 Å². The first-order chi connectivity index (χ1) is 6.49. The number of carbonyl (C=O) groups excluding carboxylic acids is 1. The van der Waals surface area contributed by atoms with Crippen LogP contribution in [0.1, 0.15) is 13.8 Å². The molecule has 1 aromatic carbocycles. The lowest BCUT2D eigenvalue weighted by molar-refractivity contribution is -0.117. The van der Waals surface area contributed by atoms with E-state index in [2.05, 4.69) is 5.32 Å². The number of carbonyl (C=O) groups is 1. The van der Waals surface area contributed by atoms with Crippen molar-refractivity contribution < 1.29 is 9.90 Å². The van der Waals surface area contributed by atoms with Crippen molar-refractivity contribution in [2.75, 3.05) is 5.32 Å². The molecule has 74 valence electrons. The van der Waals surface area contributed by atoms with E-state index in [-0.39, 0.29) is 11.7 Å². The largest absolute Gasteiger partial charge is 0.508 e. The van der Waals surface area contributed by atoms with Gasteiger partial charge in [-0.15, -0.1) is 11.8 Å². The first kappa shape index (κ1) is 9.40. The molecule has 0 saturated heterocycles. The van der Waals surface area contributed by atoms with Crippen LogP contribution in [-0.4, -0.2) is 15.8 Å². The molecule has 0 spiro atoms. The average molecular weight is 209 g/mol. The summed E-state index contributed by atoms with van der Waals surface area (Å²) in [6.45, 7) is 3.72. The minimum Gasteiger partial charge on any atom is -0.508 e. The molecule has 1 aliphatic heterocycles. The van der Waals surface area contributed by atoms with E-state index in [0.717, 1.165) is 10.6 Å². The summed E-state index contributed by atoms with van der Waals surface area (Å²) >= 11 is 1.46. The number of rotatable bonds is 0. The van der Waals surface area contributed by atoms with E-state index in [1.54, 1.807) is 18.2 Å². The van der Waals surface area contributed by atoms with E-state index in [4.69, 9.17) is 0 Å². The second kappa shape index (κ2) is 2.92. The Bertz CT molecular complexity index is 401. The Morgan fingerprint density at radius 1 is 1.43 bits per heavy atom. The highest BCUT2D eigenvalue weighted by atomic mass is 32.2. The second-order valence-corrected chi connectivity index (χ2v) is 5.41. The van der Waals surface area contributed by atoms with Crippen LogP contribution < -0.4 is 5.32 Å². The summed E-state index contributed by atoms with van der Waals surface area (Å²) in [6, 6.07) is 4.95. The molecule has 0 fully saturated rings. The second-order valence-electron chi connectivity index (χ2n) is 3.75. The third kappa shape index (κ3) is 1.46. The first-order valence-corrected chi connectivity index (χ1v) is 5.14. The van der Waals surface area contributed by atoms with Gasteiger partial charge in [-0.3, -0.25) is 4.79 Å². The van der Waals surface area contributed by atoms with Crippen LogP contribution in [0.25, 0.3) is 0 Å². The van der Waals surface area contributed by atoms with E-state index in [9.17, 15) is 9.90 Å². The number of anilines is 1. The van der Waals surface area contributed by atoms with Crippen LogP contribution in [0.15, 0.2) is 23.1 Å². The van der Waals surface area contributed by atoms with Gasteiger partial charge in [-0.1, -0.05) is 0 Å². The molecule has 1 aliphatic rings. The maximum atomic E-state index is 11.6. The number of thioether (sulfide) groups is 1. The van der Waals surface area contributed by atoms with Crippen LogP contribution in [0.5, 0.6) is 5.75 Å². The monoisotopic (exact) mass is 209 g/mol. The van der Waals surface area contributed by atoms with Crippen molar-refractivity contribution in [2.45, 2.75) is 23.5 Å².